The first-order chi connectivity index (χ1) is 9.97. The van der Waals surface area contributed by atoms with Gasteiger partial charge in [0.05, 0.1) is 10.7 Å². The number of rotatable bonds is 1. The van der Waals surface area contributed by atoms with E-state index in [1.165, 1.54) is 0 Å². The molecule has 0 atom stereocenters. The number of nitrogens with zero attached hydrogens (tertiary/aromatic N) is 2. The fourth-order valence-electron chi connectivity index (χ4n) is 3.26. The fraction of sp³-hybridized carbons (Fsp3) is 0.533. The fourth-order valence-corrected chi connectivity index (χ4v) is 3.36. The second-order valence-corrected chi connectivity index (χ2v) is 6.46. The second-order valence-electron chi connectivity index (χ2n) is 6.05. The Balaban J connectivity index is 1.71. The third kappa shape index (κ3) is 2.88. The number of aryl methyl sites for hydroxylation is 1. The molecule has 2 fully saturated rings. The maximum Gasteiger partial charge on any atom is 0.227 e. The summed E-state index contributed by atoms with van der Waals surface area (Å²) < 4.78 is 0. The maximum absolute atomic E-state index is 11.6. The second kappa shape index (κ2) is 5.30. The molecule has 0 radical (unpaired) electrons. The molecule has 1 N–H and O–H groups in total. The van der Waals surface area contributed by atoms with Gasteiger partial charge in [0.2, 0.25) is 11.8 Å². The minimum absolute atomic E-state index is 0.139. The summed E-state index contributed by atoms with van der Waals surface area (Å²) in [6.07, 6.45) is 2.60. The molecular formula is C15H18ClN3O2. The predicted octanol–water partition coefficient (Wildman–Crippen LogP) is 2.07. The Labute approximate surface area is 128 Å². The van der Waals surface area contributed by atoms with Crippen molar-refractivity contribution in [1.82, 2.24) is 10.3 Å². The van der Waals surface area contributed by atoms with Gasteiger partial charge >= 0.3 is 0 Å². The Hall–Kier alpha value is -1.62. The molecule has 0 aliphatic carbocycles. The molecule has 3 heterocycles. The normalized spacial score (nSPS) is 21.5. The number of hydrogen-bond donors (Lipinski definition) is 1. The highest BCUT2D eigenvalue weighted by molar-refractivity contribution is 6.31. The number of piperidine rings is 2. The van der Waals surface area contributed by atoms with Crippen LogP contribution >= 0.6 is 11.6 Å². The molecule has 1 aromatic heterocycles. The molecular weight excluding hydrogens is 290 g/mol. The Morgan fingerprint density at radius 1 is 1.19 bits per heavy atom. The van der Waals surface area contributed by atoms with Crippen molar-refractivity contribution in [3.05, 3.63) is 22.8 Å². The lowest BCUT2D eigenvalue weighted by Crippen LogP contribution is -2.50. The summed E-state index contributed by atoms with van der Waals surface area (Å²) in [6, 6.07) is 3.78. The third-order valence-electron chi connectivity index (χ3n) is 4.50. The number of imide groups is 1. The minimum Gasteiger partial charge on any atom is -0.357 e. The number of amides is 2. The Morgan fingerprint density at radius 2 is 1.81 bits per heavy atom. The van der Waals surface area contributed by atoms with Gasteiger partial charge < -0.3 is 4.90 Å². The van der Waals surface area contributed by atoms with Gasteiger partial charge in [0.1, 0.15) is 5.82 Å². The van der Waals surface area contributed by atoms with Crippen molar-refractivity contribution in [2.24, 2.45) is 5.41 Å². The smallest absolute Gasteiger partial charge is 0.227 e. The Kier molecular flexibility index (Phi) is 3.61. The van der Waals surface area contributed by atoms with E-state index in [0.717, 1.165) is 37.4 Å². The van der Waals surface area contributed by atoms with Gasteiger partial charge in [-0.2, -0.15) is 0 Å². The van der Waals surface area contributed by atoms with Crippen LogP contribution in [0, 0.1) is 12.3 Å². The van der Waals surface area contributed by atoms with Crippen molar-refractivity contribution in [3.8, 4) is 0 Å². The van der Waals surface area contributed by atoms with E-state index in [1.807, 2.05) is 19.1 Å². The molecule has 2 aliphatic rings. The van der Waals surface area contributed by atoms with Crippen LogP contribution in [0.25, 0.3) is 0 Å². The zero-order valence-electron chi connectivity index (χ0n) is 12.0. The molecule has 2 aliphatic heterocycles. The number of carbonyl (C=O) groups excluding carboxylic acids is 2. The third-order valence-corrected chi connectivity index (χ3v) is 4.90. The van der Waals surface area contributed by atoms with E-state index < -0.39 is 0 Å². The number of hydrogen-bond acceptors (Lipinski definition) is 4. The maximum atomic E-state index is 11.6. The van der Waals surface area contributed by atoms with E-state index in [4.69, 9.17) is 11.6 Å². The number of nitrogens with one attached hydrogen (secondary N) is 1. The predicted molar refractivity (Wildman–Crippen MR) is 80.2 cm³/mol. The van der Waals surface area contributed by atoms with Gasteiger partial charge in [0.25, 0.3) is 0 Å². The molecule has 5 nitrogen and oxygen atoms in total. The van der Waals surface area contributed by atoms with Crippen LogP contribution < -0.4 is 10.2 Å². The number of aromatic nitrogens is 1. The average molecular weight is 308 g/mol. The zero-order chi connectivity index (χ0) is 15.0. The van der Waals surface area contributed by atoms with Crippen molar-refractivity contribution in [1.29, 1.82) is 0 Å². The molecule has 0 bridgehead atoms. The number of halogens is 1. The van der Waals surface area contributed by atoms with E-state index >= 15 is 0 Å². The molecule has 0 saturated carbocycles. The standard InChI is InChI=1S/C15H18ClN3O2/c1-10-11(16)2-3-12(17-10)19-6-4-15(5-7-19)8-13(20)18-14(21)9-15/h2-3H,4-9H2,1H3,(H,18,20,21). The summed E-state index contributed by atoms with van der Waals surface area (Å²) >= 11 is 6.01. The summed E-state index contributed by atoms with van der Waals surface area (Å²) in [5.41, 5.74) is 0.666. The van der Waals surface area contributed by atoms with Crippen LogP contribution in [0.1, 0.15) is 31.4 Å². The van der Waals surface area contributed by atoms with Crippen LogP contribution in [0.4, 0.5) is 5.82 Å². The van der Waals surface area contributed by atoms with E-state index in [1.54, 1.807) is 0 Å². The molecule has 0 aromatic carbocycles. The lowest BCUT2D eigenvalue weighted by molar-refractivity contribution is -0.138. The molecule has 0 unspecified atom stereocenters. The zero-order valence-corrected chi connectivity index (χ0v) is 12.7. The lowest BCUT2D eigenvalue weighted by atomic mass is 9.71. The quantitative estimate of drug-likeness (QED) is 0.807. The lowest BCUT2D eigenvalue weighted by Gasteiger charge is -2.43. The summed E-state index contributed by atoms with van der Waals surface area (Å²) in [4.78, 5) is 29.9. The van der Waals surface area contributed by atoms with Gasteiger partial charge in [0, 0.05) is 25.9 Å². The molecule has 2 amide bonds. The summed E-state index contributed by atoms with van der Waals surface area (Å²) in [5.74, 6) is 0.638. The first-order valence-corrected chi connectivity index (χ1v) is 7.56. The highest BCUT2D eigenvalue weighted by Gasteiger charge is 2.42. The number of pyridine rings is 1. The van der Waals surface area contributed by atoms with Crippen molar-refractivity contribution in [3.63, 3.8) is 0 Å². The Bertz CT molecular complexity index is 577. The minimum atomic E-state index is -0.155. The highest BCUT2D eigenvalue weighted by Crippen LogP contribution is 2.41. The monoisotopic (exact) mass is 307 g/mol. The first-order valence-electron chi connectivity index (χ1n) is 7.18. The van der Waals surface area contributed by atoms with Gasteiger partial charge in [-0.3, -0.25) is 14.9 Å². The van der Waals surface area contributed by atoms with Gasteiger partial charge in [-0.1, -0.05) is 11.6 Å². The molecule has 1 spiro atoms. The molecule has 2 saturated heterocycles. The average Bonchev–Trinajstić information content (AvgIpc) is 2.41. The number of carbonyl (C=O) groups is 2. The van der Waals surface area contributed by atoms with E-state index in [-0.39, 0.29) is 17.2 Å². The van der Waals surface area contributed by atoms with Crippen LogP contribution in [0.3, 0.4) is 0 Å². The molecule has 6 heteroatoms. The molecule has 1 aromatic rings. The molecule has 112 valence electrons. The number of anilines is 1. The van der Waals surface area contributed by atoms with Gasteiger partial charge in [-0.15, -0.1) is 0 Å². The first kappa shape index (κ1) is 14.3. The van der Waals surface area contributed by atoms with E-state index in [0.29, 0.717) is 17.9 Å². The van der Waals surface area contributed by atoms with Crippen LogP contribution in [-0.4, -0.2) is 29.9 Å². The van der Waals surface area contributed by atoms with Crippen molar-refractivity contribution < 1.29 is 9.59 Å². The molecule has 21 heavy (non-hydrogen) atoms. The van der Waals surface area contributed by atoms with E-state index in [9.17, 15) is 9.59 Å². The van der Waals surface area contributed by atoms with Gasteiger partial charge in [0.15, 0.2) is 0 Å². The molecule has 3 rings (SSSR count). The van der Waals surface area contributed by atoms with Gasteiger partial charge in [-0.05, 0) is 37.3 Å². The van der Waals surface area contributed by atoms with E-state index in [2.05, 4.69) is 15.2 Å². The van der Waals surface area contributed by atoms with Crippen molar-refractivity contribution in [2.45, 2.75) is 32.6 Å². The van der Waals surface area contributed by atoms with Crippen molar-refractivity contribution in [2.75, 3.05) is 18.0 Å². The van der Waals surface area contributed by atoms with Gasteiger partial charge in [-0.25, -0.2) is 4.98 Å². The van der Waals surface area contributed by atoms with Crippen molar-refractivity contribution >= 4 is 29.2 Å². The van der Waals surface area contributed by atoms with Crippen LogP contribution in [0.15, 0.2) is 12.1 Å². The topological polar surface area (TPSA) is 62.3 Å². The van der Waals surface area contributed by atoms with Crippen LogP contribution in [0.5, 0.6) is 0 Å². The Morgan fingerprint density at radius 3 is 2.38 bits per heavy atom. The summed E-state index contributed by atoms with van der Waals surface area (Å²) in [6.45, 7) is 3.52. The van der Waals surface area contributed by atoms with Crippen LogP contribution in [-0.2, 0) is 9.59 Å². The largest absolute Gasteiger partial charge is 0.357 e. The van der Waals surface area contributed by atoms with Crippen LogP contribution in [0.2, 0.25) is 5.02 Å². The summed E-state index contributed by atoms with van der Waals surface area (Å²) in [5, 5.41) is 3.06. The summed E-state index contributed by atoms with van der Waals surface area (Å²) in [7, 11) is 0. The SMILES string of the molecule is Cc1nc(N2CCC3(CC2)CC(=O)NC(=O)C3)ccc1Cl. The highest BCUT2D eigenvalue weighted by atomic mass is 35.5.